The normalized spacial score (nSPS) is 10.7. The second-order valence-electron chi connectivity index (χ2n) is 6.64. The van der Waals surface area contributed by atoms with Crippen molar-refractivity contribution in [1.82, 2.24) is 9.78 Å². The van der Waals surface area contributed by atoms with E-state index in [0.29, 0.717) is 52.1 Å². The van der Waals surface area contributed by atoms with Gasteiger partial charge in [0.15, 0.2) is 17.3 Å². The molecule has 0 fully saturated rings. The van der Waals surface area contributed by atoms with Crippen molar-refractivity contribution >= 4 is 46.5 Å². The first-order valence-electron chi connectivity index (χ1n) is 9.74. The van der Waals surface area contributed by atoms with Gasteiger partial charge in [0.1, 0.15) is 5.02 Å². The fraction of sp³-hybridized carbons (Fsp3) is 0.273. The van der Waals surface area contributed by atoms with Crippen LogP contribution in [0, 0.1) is 0 Å². The minimum Gasteiger partial charge on any atom is -0.490 e. The van der Waals surface area contributed by atoms with Crippen LogP contribution >= 0.6 is 34.8 Å². The van der Waals surface area contributed by atoms with Crippen LogP contribution in [0.1, 0.15) is 25.0 Å². The van der Waals surface area contributed by atoms with E-state index in [9.17, 15) is 4.79 Å². The molecule has 0 aliphatic carbocycles. The Morgan fingerprint density at radius 1 is 0.935 bits per heavy atom. The molecule has 31 heavy (non-hydrogen) atoms. The second-order valence-corrected chi connectivity index (χ2v) is 7.87. The number of nitrogens with one attached hydrogen (secondary N) is 1. The Bertz CT molecular complexity index is 1070. The van der Waals surface area contributed by atoms with E-state index < -0.39 is 0 Å². The Hall–Kier alpha value is -2.41. The van der Waals surface area contributed by atoms with Gasteiger partial charge in [-0.05, 0) is 49.2 Å². The summed E-state index contributed by atoms with van der Waals surface area (Å²) in [6.45, 7) is 5.26. The van der Waals surface area contributed by atoms with Gasteiger partial charge in [-0.3, -0.25) is 9.48 Å². The van der Waals surface area contributed by atoms with Crippen molar-refractivity contribution in [3.05, 3.63) is 68.8 Å². The zero-order chi connectivity index (χ0) is 22.4. The highest BCUT2D eigenvalue weighted by Crippen LogP contribution is 2.29. The van der Waals surface area contributed by atoms with E-state index in [1.165, 1.54) is 0 Å². The van der Waals surface area contributed by atoms with Crippen molar-refractivity contribution in [3.8, 4) is 11.5 Å². The van der Waals surface area contributed by atoms with Gasteiger partial charge in [-0.25, -0.2) is 0 Å². The number of hydrogen-bond donors (Lipinski definition) is 1. The number of anilines is 1. The Labute approximate surface area is 196 Å². The van der Waals surface area contributed by atoms with Crippen LogP contribution in [0.4, 0.5) is 5.82 Å². The Balaban J connectivity index is 1.66. The molecule has 6 nitrogen and oxygen atoms in total. The van der Waals surface area contributed by atoms with Crippen LogP contribution in [0.15, 0.2) is 42.6 Å². The molecule has 2 aromatic carbocycles. The van der Waals surface area contributed by atoms with Gasteiger partial charge in [0.25, 0.3) is 0 Å². The number of nitrogens with zero attached hydrogens (tertiary/aromatic N) is 2. The molecule has 164 valence electrons. The molecule has 3 aromatic rings. The highest BCUT2D eigenvalue weighted by atomic mass is 35.5. The van der Waals surface area contributed by atoms with Gasteiger partial charge in [0, 0.05) is 6.20 Å². The molecule has 1 amide bonds. The summed E-state index contributed by atoms with van der Waals surface area (Å²) in [5.74, 6) is 1.31. The van der Waals surface area contributed by atoms with E-state index in [4.69, 9.17) is 44.3 Å². The first-order valence-corrected chi connectivity index (χ1v) is 10.9. The fourth-order valence-corrected chi connectivity index (χ4v) is 3.47. The molecule has 0 aliphatic heterocycles. The first kappa shape index (κ1) is 23.3. The lowest BCUT2D eigenvalue weighted by Gasteiger charge is -2.12. The molecule has 0 atom stereocenters. The summed E-state index contributed by atoms with van der Waals surface area (Å²) in [5.41, 5.74) is 1.69. The molecule has 1 N–H and O–H groups in total. The number of rotatable bonds is 9. The maximum atomic E-state index is 12.5. The van der Waals surface area contributed by atoms with Crippen molar-refractivity contribution in [1.29, 1.82) is 0 Å². The molecule has 1 aromatic heterocycles. The van der Waals surface area contributed by atoms with Gasteiger partial charge in [-0.2, -0.15) is 5.10 Å². The van der Waals surface area contributed by atoms with Crippen molar-refractivity contribution < 1.29 is 14.3 Å². The van der Waals surface area contributed by atoms with Crippen molar-refractivity contribution in [3.63, 3.8) is 0 Å². The minimum absolute atomic E-state index is 0.141. The standard InChI is InChI=1S/C22H22Cl3N3O3/c1-3-30-19-8-6-14(10-20(19)31-4-2)11-21(29)26-22-18(25)13-28(27-22)12-15-5-7-16(23)17(24)9-15/h5-10,13H,3-4,11-12H2,1-2H3,(H,26,27,29). The number of hydrogen-bond acceptors (Lipinski definition) is 4. The molecule has 0 unspecified atom stereocenters. The third kappa shape index (κ3) is 6.29. The summed E-state index contributed by atoms with van der Waals surface area (Å²) in [6, 6.07) is 10.8. The summed E-state index contributed by atoms with van der Waals surface area (Å²) in [4.78, 5) is 12.5. The maximum absolute atomic E-state index is 12.5. The number of benzene rings is 2. The number of carbonyl (C=O) groups excluding carboxylic acids is 1. The van der Waals surface area contributed by atoms with Crippen molar-refractivity contribution in [2.75, 3.05) is 18.5 Å². The molecule has 0 aliphatic rings. The van der Waals surface area contributed by atoms with Crippen LogP contribution < -0.4 is 14.8 Å². The molecule has 9 heteroatoms. The summed E-state index contributed by atoms with van der Waals surface area (Å²) in [5, 5.41) is 8.40. The van der Waals surface area contributed by atoms with E-state index in [0.717, 1.165) is 11.1 Å². The van der Waals surface area contributed by atoms with Gasteiger partial charge in [-0.15, -0.1) is 0 Å². The number of carbonyl (C=O) groups is 1. The van der Waals surface area contributed by atoms with Gasteiger partial charge in [0.2, 0.25) is 5.91 Å². The van der Waals surface area contributed by atoms with Crippen molar-refractivity contribution in [2.24, 2.45) is 0 Å². The first-order chi connectivity index (χ1) is 14.9. The molecule has 0 saturated carbocycles. The topological polar surface area (TPSA) is 65.4 Å². The number of aromatic nitrogens is 2. The maximum Gasteiger partial charge on any atom is 0.230 e. The van der Waals surface area contributed by atoms with E-state index in [1.54, 1.807) is 35.1 Å². The molecule has 1 heterocycles. The summed E-state index contributed by atoms with van der Waals surface area (Å²) in [6.07, 6.45) is 1.78. The summed E-state index contributed by atoms with van der Waals surface area (Å²) >= 11 is 18.3. The van der Waals surface area contributed by atoms with Crippen LogP contribution in [0.25, 0.3) is 0 Å². The van der Waals surface area contributed by atoms with Crippen LogP contribution in [0.2, 0.25) is 15.1 Å². The smallest absolute Gasteiger partial charge is 0.230 e. The molecular formula is C22H22Cl3N3O3. The average molecular weight is 483 g/mol. The summed E-state index contributed by atoms with van der Waals surface area (Å²) < 4.78 is 12.8. The van der Waals surface area contributed by atoms with E-state index in [1.807, 2.05) is 26.0 Å². The van der Waals surface area contributed by atoms with Gasteiger partial charge >= 0.3 is 0 Å². The third-order valence-electron chi connectivity index (χ3n) is 4.28. The van der Waals surface area contributed by atoms with Crippen molar-refractivity contribution in [2.45, 2.75) is 26.8 Å². The van der Waals surface area contributed by atoms with Gasteiger partial charge in [0.05, 0.1) is 36.2 Å². The Morgan fingerprint density at radius 2 is 1.65 bits per heavy atom. The number of ether oxygens (including phenoxy) is 2. The monoisotopic (exact) mass is 481 g/mol. The third-order valence-corrected chi connectivity index (χ3v) is 5.29. The second kappa shape index (κ2) is 10.8. The molecular weight excluding hydrogens is 461 g/mol. The fourth-order valence-electron chi connectivity index (χ4n) is 2.95. The van der Waals surface area contributed by atoms with Gasteiger partial charge < -0.3 is 14.8 Å². The Kier molecular flexibility index (Phi) is 8.07. The lowest BCUT2D eigenvalue weighted by Crippen LogP contribution is -2.15. The highest BCUT2D eigenvalue weighted by Gasteiger charge is 2.14. The minimum atomic E-state index is -0.242. The van der Waals surface area contributed by atoms with Crippen LogP contribution in [-0.2, 0) is 17.8 Å². The van der Waals surface area contributed by atoms with Crippen LogP contribution in [0.3, 0.4) is 0 Å². The largest absolute Gasteiger partial charge is 0.490 e. The predicted molar refractivity (Wildman–Crippen MR) is 124 cm³/mol. The molecule has 0 spiro atoms. The SMILES string of the molecule is CCOc1ccc(CC(=O)Nc2nn(Cc3ccc(Cl)c(Cl)c3)cc2Cl)cc1OCC. The quantitative estimate of drug-likeness (QED) is 0.414. The lowest BCUT2D eigenvalue weighted by atomic mass is 10.1. The molecule has 0 bridgehead atoms. The number of halogens is 3. The highest BCUT2D eigenvalue weighted by molar-refractivity contribution is 6.42. The average Bonchev–Trinajstić information content (AvgIpc) is 3.05. The van der Waals surface area contributed by atoms with E-state index in [2.05, 4.69) is 10.4 Å². The zero-order valence-corrected chi connectivity index (χ0v) is 19.4. The zero-order valence-electron chi connectivity index (χ0n) is 17.1. The van der Waals surface area contributed by atoms with E-state index in [-0.39, 0.29) is 12.3 Å². The number of amides is 1. The Morgan fingerprint density at radius 3 is 2.35 bits per heavy atom. The molecule has 0 saturated heterocycles. The van der Waals surface area contributed by atoms with Crippen LogP contribution in [0.5, 0.6) is 11.5 Å². The van der Waals surface area contributed by atoms with Gasteiger partial charge in [-0.1, -0.05) is 46.9 Å². The predicted octanol–water partition coefficient (Wildman–Crippen LogP) is 5.87. The molecule has 3 rings (SSSR count). The van der Waals surface area contributed by atoms with E-state index >= 15 is 0 Å². The summed E-state index contributed by atoms with van der Waals surface area (Å²) in [7, 11) is 0. The molecule has 0 radical (unpaired) electrons. The lowest BCUT2D eigenvalue weighted by molar-refractivity contribution is -0.115. The van der Waals surface area contributed by atoms with Crippen LogP contribution in [-0.4, -0.2) is 28.9 Å².